The van der Waals surface area contributed by atoms with Crippen LogP contribution in [-0.2, 0) is 4.79 Å². The zero-order chi connectivity index (χ0) is 27.5. The Morgan fingerprint density at radius 3 is 2.30 bits per heavy atom. The van der Waals surface area contributed by atoms with Crippen molar-refractivity contribution in [1.29, 1.82) is 5.26 Å². The lowest BCUT2D eigenvalue weighted by molar-refractivity contribution is -0.123. The minimum absolute atomic E-state index is 0.195. The van der Waals surface area contributed by atoms with Gasteiger partial charge in [0.25, 0.3) is 0 Å². The van der Waals surface area contributed by atoms with Crippen LogP contribution in [0, 0.1) is 30.1 Å². The van der Waals surface area contributed by atoms with Crippen LogP contribution in [-0.4, -0.2) is 26.8 Å². The van der Waals surface area contributed by atoms with E-state index in [1.165, 1.54) is 0 Å². The summed E-state index contributed by atoms with van der Waals surface area (Å²) in [6.07, 6.45) is 5.07. The average Bonchev–Trinajstić information content (AvgIpc) is 2.96. The molecule has 1 saturated carbocycles. The Bertz CT molecular complexity index is 1730. The van der Waals surface area contributed by atoms with Crippen molar-refractivity contribution < 1.29 is 4.79 Å². The largest absolute Gasteiger partial charge is 0.309 e. The predicted octanol–water partition coefficient (Wildman–Crippen LogP) is 6.66. The van der Waals surface area contributed by atoms with E-state index in [9.17, 15) is 10.1 Å². The van der Waals surface area contributed by atoms with Crippen molar-refractivity contribution in [2.45, 2.75) is 19.8 Å². The Hall–Kier alpha value is -5.22. The first-order chi connectivity index (χ1) is 19.6. The van der Waals surface area contributed by atoms with E-state index < -0.39 is 0 Å². The first-order valence-electron chi connectivity index (χ1n) is 13.2. The van der Waals surface area contributed by atoms with Gasteiger partial charge in [0.2, 0.25) is 5.91 Å². The predicted molar refractivity (Wildman–Crippen MR) is 156 cm³/mol. The number of nitriles is 1. The average molecular weight is 523 g/mol. The smallest absolute Gasteiger partial charge is 0.230 e. The summed E-state index contributed by atoms with van der Waals surface area (Å²) < 4.78 is 0. The number of carbonyl (C=O) groups excluding carboxylic acids is 1. The van der Waals surface area contributed by atoms with Gasteiger partial charge in [-0.2, -0.15) is 5.26 Å². The molecule has 6 rings (SSSR count). The van der Waals surface area contributed by atoms with Crippen LogP contribution in [0.5, 0.6) is 0 Å². The van der Waals surface area contributed by atoms with Gasteiger partial charge in [-0.15, -0.1) is 10.2 Å². The summed E-state index contributed by atoms with van der Waals surface area (Å²) in [6, 6.07) is 30.1. The standard InChI is InChI=1S/C33H26N6O/c1-21-14-15-35-20-28(21)25-16-26-18-30(37-33(40)27-13-12-24(27)19-34)38-39-32(26)29(17-25)36-31(22-8-4-2-5-9-22)23-10-6-3-7-11-23/h2-11,14-18,20,24,27H,12-13H2,1H3,(H,37,38,40). The van der Waals surface area contributed by atoms with Crippen molar-refractivity contribution in [3.8, 4) is 17.2 Å². The second-order valence-electron chi connectivity index (χ2n) is 9.95. The van der Waals surface area contributed by atoms with E-state index in [-0.39, 0.29) is 17.7 Å². The maximum absolute atomic E-state index is 12.8. The molecule has 2 atom stereocenters. The highest BCUT2D eigenvalue weighted by Gasteiger charge is 2.36. The molecule has 2 unspecified atom stereocenters. The van der Waals surface area contributed by atoms with Gasteiger partial charge in [0.05, 0.1) is 29.3 Å². The number of pyridine rings is 1. The van der Waals surface area contributed by atoms with Gasteiger partial charge >= 0.3 is 0 Å². The molecule has 0 spiro atoms. The molecular weight excluding hydrogens is 496 g/mol. The number of fused-ring (bicyclic) bond motifs is 1. The van der Waals surface area contributed by atoms with E-state index in [0.29, 0.717) is 23.4 Å². The zero-order valence-corrected chi connectivity index (χ0v) is 22.0. The number of anilines is 1. The van der Waals surface area contributed by atoms with E-state index in [2.05, 4.69) is 26.6 Å². The molecular formula is C33H26N6O. The van der Waals surface area contributed by atoms with E-state index >= 15 is 0 Å². The van der Waals surface area contributed by atoms with Crippen LogP contribution >= 0.6 is 0 Å². The minimum Gasteiger partial charge on any atom is -0.309 e. The molecule has 0 bridgehead atoms. The zero-order valence-electron chi connectivity index (χ0n) is 22.0. The van der Waals surface area contributed by atoms with Crippen LogP contribution in [0.3, 0.4) is 0 Å². The molecule has 5 aromatic rings. The SMILES string of the molecule is Cc1ccncc1-c1cc(N=C(c2ccccc2)c2ccccc2)c2nnc(NC(=O)C3CCC3C#N)cc2c1. The van der Waals surface area contributed by atoms with Gasteiger partial charge in [-0.25, -0.2) is 4.99 Å². The van der Waals surface area contributed by atoms with Gasteiger partial charge in [0.1, 0.15) is 5.52 Å². The fourth-order valence-electron chi connectivity index (χ4n) is 5.00. The van der Waals surface area contributed by atoms with Crippen molar-refractivity contribution in [1.82, 2.24) is 15.2 Å². The molecule has 3 aromatic carbocycles. The fraction of sp³-hybridized carbons (Fsp3) is 0.152. The van der Waals surface area contributed by atoms with E-state index in [0.717, 1.165) is 45.3 Å². The summed E-state index contributed by atoms with van der Waals surface area (Å²) in [5.74, 6) is -0.405. The summed E-state index contributed by atoms with van der Waals surface area (Å²) in [5.41, 5.74) is 7.05. The topological polar surface area (TPSA) is 104 Å². The second-order valence-corrected chi connectivity index (χ2v) is 9.95. The number of aromatic nitrogens is 3. The molecule has 7 nitrogen and oxygen atoms in total. The number of aryl methyl sites for hydroxylation is 1. The number of amides is 1. The maximum Gasteiger partial charge on any atom is 0.230 e. The summed E-state index contributed by atoms with van der Waals surface area (Å²) in [6.45, 7) is 2.05. The Morgan fingerprint density at radius 1 is 0.950 bits per heavy atom. The van der Waals surface area contributed by atoms with Crippen LogP contribution < -0.4 is 5.32 Å². The highest BCUT2D eigenvalue weighted by molar-refractivity contribution is 6.15. The second kappa shape index (κ2) is 10.9. The summed E-state index contributed by atoms with van der Waals surface area (Å²) in [7, 11) is 0. The van der Waals surface area contributed by atoms with Crippen molar-refractivity contribution in [3.63, 3.8) is 0 Å². The monoisotopic (exact) mass is 522 g/mol. The third-order valence-corrected chi connectivity index (χ3v) is 7.37. The van der Waals surface area contributed by atoms with Gasteiger partial charge in [-0.3, -0.25) is 9.78 Å². The van der Waals surface area contributed by atoms with Gasteiger partial charge in [-0.05, 0) is 55.2 Å². The molecule has 2 heterocycles. The molecule has 7 heteroatoms. The number of aliphatic imine (C=N–C) groups is 1. The van der Waals surface area contributed by atoms with E-state index in [4.69, 9.17) is 4.99 Å². The van der Waals surface area contributed by atoms with Gasteiger partial charge in [-0.1, -0.05) is 60.7 Å². The fourth-order valence-corrected chi connectivity index (χ4v) is 5.00. The van der Waals surface area contributed by atoms with Crippen LogP contribution in [0.2, 0.25) is 0 Å². The highest BCUT2D eigenvalue weighted by atomic mass is 16.2. The van der Waals surface area contributed by atoms with Crippen LogP contribution in [0.4, 0.5) is 11.5 Å². The van der Waals surface area contributed by atoms with Crippen LogP contribution in [0.15, 0.2) is 102 Å². The van der Waals surface area contributed by atoms with Gasteiger partial charge in [0, 0.05) is 34.5 Å². The molecule has 1 aliphatic carbocycles. The number of carbonyl (C=O) groups is 1. The third kappa shape index (κ3) is 4.95. The molecule has 194 valence electrons. The van der Waals surface area contributed by atoms with Crippen molar-refractivity contribution in [3.05, 3.63) is 114 Å². The Balaban J connectivity index is 1.51. The quantitative estimate of drug-likeness (QED) is 0.251. The Morgan fingerprint density at radius 2 is 1.68 bits per heavy atom. The lowest BCUT2D eigenvalue weighted by Crippen LogP contribution is -2.36. The van der Waals surface area contributed by atoms with Crippen molar-refractivity contribution >= 4 is 34.0 Å². The lowest BCUT2D eigenvalue weighted by Gasteiger charge is -2.29. The molecule has 0 aliphatic heterocycles. The molecule has 40 heavy (non-hydrogen) atoms. The van der Waals surface area contributed by atoms with E-state index in [1.54, 1.807) is 6.20 Å². The number of rotatable bonds is 6. The number of benzene rings is 3. The first-order valence-corrected chi connectivity index (χ1v) is 13.2. The Kier molecular flexibility index (Phi) is 6.82. The number of nitrogens with zero attached hydrogens (tertiary/aromatic N) is 5. The number of nitrogens with one attached hydrogen (secondary N) is 1. The molecule has 1 fully saturated rings. The summed E-state index contributed by atoms with van der Waals surface area (Å²) in [5, 5.41) is 21.8. The molecule has 1 N–H and O–H groups in total. The molecule has 0 saturated heterocycles. The highest BCUT2D eigenvalue weighted by Crippen LogP contribution is 2.36. The lowest BCUT2D eigenvalue weighted by atomic mass is 9.74. The van der Waals surface area contributed by atoms with Gasteiger partial charge < -0.3 is 5.32 Å². The minimum atomic E-state index is -0.314. The molecule has 1 aliphatic rings. The van der Waals surface area contributed by atoms with E-state index in [1.807, 2.05) is 98.0 Å². The first kappa shape index (κ1) is 25.1. The number of hydrogen-bond donors (Lipinski definition) is 1. The van der Waals surface area contributed by atoms with Crippen molar-refractivity contribution in [2.24, 2.45) is 16.8 Å². The molecule has 0 radical (unpaired) electrons. The maximum atomic E-state index is 12.8. The normalized spacial score (nSPS) is 16.0. The summed E-state index contributed by atoms with van der Waals surface area (Å²) in [4.78, 5) is 22.3. The Labute approximate surface area is 232 Å². The summed E-state index contributed by atoms with van der Waals surface area (Å²) >= 11 is 0. The third-order valence-electron chi connectivity index (χ3n) is 7.37. The van der Waals surface area contributed by atoms with Crippen molar-refractivity contribution in [2.75, 3.05) is 5.32 Å². The molecule has 1 amide bonds. The van der Waals surface area contributed by atoms with Crippen LogP contribution in [0.25, 0.3) is 22.0 Å². The van der Waals surface area contributed by atoms with Crippen LogP contribution in [0.1, 0.15) is 29.5 Å². The van der Waals surface area contributed by atoms with Gasteiger partial charge in [0.15, 0.2) is 5.82 Å². The number of hydrogen-bond acceptors (Lipinski definition) is 6. The molecule has 2 aromatic heterocycles.